The molecule has 0 N–H and O–H groups in total. The summed E-state index contributed by atoms with van der Waals surface area (Å²) in [5.41, 5.74) is -0.677. The fourth-order valence-corrected chi connectivity index (χ4v) is 2.45. The summed E-state index contributed by atoms with van der Waals surface area (Å²) in [5.74, 6) is 0.491. The van der Waals surface area contributed by atoms with Crippen LogP contribution in [0.2, 0.25) is 0 Å². The Kier molecular flexibility index (Phi) is 4.96. The van der Waals surface area contributed by atoms with Crippen molar-refractivity contribution in [1.82, 2.24) is 5.01 Å². The molecule has 0 aliphatic carbocycles. The maximum atomic E-state index is 11.1. The van der Waals surface area contributed by atoms with E-state index in [1.54, 1.807) is 31.2 Å². The van der Waals surface area contributed by atoms with Crippen LogP contribution in [0.5, 0.6) is 0 Å². The Morgan fingerprint density at radius 3 is 2.52 bits per heavy atom. The quantitative estimate of drug-likeness (QED) is 0.452. The zero-order valence-electron chi connectivity index (χ0n) is 12.2. The molecule has 1 heterocycles. The van der Waals surface area contributed by atoms with Crippen molar-refractivity contribution in [3.05, 3.63) is 56.3 Å². The van der Waals surface area contributed by atoms with Crippen molar-refractivity contribution >= 4 is 29.4 Å². The lowest BCUT2D eigenvalue weighted by atomic mass is 10.3. The van der Waals surface area contributed by atoms with E-state index in [0.29, 0.717) is 10.9 Å². The summed E-state index contributed by atoms with van der Waals surface area (Å²) in [6.07, 6.45) is 1.51. The number of furan rings is 1. The number of hydrazone groups is 1. The standard InChI is InChI=1S/C13H12N4O5S/c1-15(2)14-8-10-4-6-13(22-10)23-12-5-3-9(16(18)19)7-11(12)17(20)21/h3-8H,1-2H3/b14-8-. The number of benzene rings is 1. The number of hydrogen-bond donors (Lipinski definition) is 0. The highest BCUT2D eigenvalue weighted by Gasteiger charge is 2.21. The lowest BCUT2D eigenvalue weighted by Gasteiger charge is -2.01. The number of rotatable bonds is 6. The number of nitro groups is 2. The molecule has 0 atom stereocenters. The minimum Gasteiger partial charge on any atom is -0.448 e. The van der Waals surface area contributed by atoms with Crippen molar-refractivity contribution < 1.29 is 14.3 Å². The summed E-state index contributed by atoms with van der Waals surface area (Å²) in [7, 11) is 3.52. The molecule has 2 rings (SSSR count). The Labute approximate surface area is 134 Å². The first kappa shape index (κ1) is 16.5. The van der Waals surface area contributed by atoms with Gasteiger partial charge in [0.15, 0.2) is 5.09 Å². The molecule has 0 aliphatic heterocycles. The second kappa shape index (κ2) is 6.92. The Morgan fingerprint density at radius 2 is 1.91 bits per heavy atom. The van der Waals surface area contributed by atoms with Gasteiger partial charge < -0.3 is 9.43 Å². The smallest absolute Gasteiger partial charge is 0.290 e. The van der Waals surface area contributed by atoms with Crippen LogP contribution in [0.4, 0.5) is 11.4 Å². The van der Waals surface area contributed by atoms with Crippen molar-refractivity contribution in [2.45, 2.75) is 9.99 Å². The summed E-state index contributed by atoms with van der Waals surface area (Å²) in [6, 6.07) is 6.79. The Morgan fingerprint density at radius 1 is 1.17 bits per heavy atom. The highest BCUT2D eigenvalue weighted by atomic mass is 32.2. The van der Waals surface area contributed by atoms with E-state index >= 15 is 0 Å². The molecule has 9 nitrogen and oxygen atoms in total. The largest absolute Gasteiger partial charge is 0.448 e. The first-order valence-corrected chi connectivity index (χ1v) is 7.10. The van der Waals surface area contributed by atoms with Crippen LogP contribution in [-0.2, 0) is 0 Å². The highest BCUT2D eigenvalue weighted by Crippen LogP contribution is 2.37. The zero-order chi connectivity index (χ0) is 17.0. The van der Waals surface area contributed by atoms with Gasteiger partial charge in [0.05, 0.1) is 27.0 Å². The molecule has 1 aromatic carbocycles. The van der Waals surface area contributed by atoms with Gasteiger partial charge in [-0.3, -0.25) is 20.2 Å². The average molecular weight is 336 g/mol. The SMILES string of the molecule is CN(C)/N=C\c1ccc(Sc2ccc([N+](=O)[O-])cc2[N+](=O)[O-])o1. The van der Waals surface area contributed by atoms with E-state index in [1.807, 2.05) is 0 Å². The minimum atomic E-state index is -0.676. The molecular formula is C13H12N4O5S. The predicted molar refractivity (Wildman–Crippen MR) is 83.9 cm³/mol. The van der Waals surface area contributed by atoms with Crippen LogP contribution in [-0.4, -0.2) is 35.2 Å². The van der Waals surface area contributed by atoms with Gasteiger partial charge >= 0.3 is 0 Å². The molecule has 0 amide bonds. The van der Waals surface area contributed by atoms with Crippen LogP contribution in [0.25, 0.3) is 0 Å². The van der Waals surface area contributed by atoms with Crippen LogP contribution in [0.3, 0.4) is 0 Å². The third-order valence-electron chi connectivity index (χ3n) is 2.58. The van der Waals surface area contributed by atoms with Gasteiger partial charge in [0, 0.05) is 20.2 Å². The number of non-ortho nitro benzene ring substituents is 1. The topological polar surface area (TPSA) is 115 Å². The number of nitro benzene ring substituents is 2. The van der Waals surface area contributed by atoms with Gasteiger partial charge in [-0.15, -0.1) is 0 Å². The monoisotopic (exact) mass is 336 g/mol. The number of nitrogens with zero attached hydrogens (tertiary/aromatic N) is 4. The lowest BCUT2D eigenvalue weighted by molar-refractivity contribution is -0.396. The third kappa shape index (κ3) is 4.30. The van der Waals surface area contributed by atoms with Crippen LogP contribution >= 0.6 is 11.8 Å². The van der Waals surface area contributed by atoms with Crippen LogP contribution < -0.4 is 0 Å². The molecule has 0 saturated heterocycles. The Balaban J connectivity index is 2.26. The Hall–Kier alpha value is -2.88. The van der Waals surface area contributed by atoms with E-state index < -0.39 is 9.85 Å². The molecule has 0 spiro atoms. The molecule has 1 aromatic heterocycles. The van der Waals surface area contributed by atoms with E-state index in [-0.39, 0.29) is 16.3 Å². The van der Waals surface area contributed by atoms with Crippen molar-refractivity contribution in [2.75, 3.05) is 14.1 Å². The number of hydrogen-bond acceptors (Lipinski definition) is 8. The van der Waals surface area contributed by atoms with Crippen LogP contribution in [0.15, 0.2) is 49.8 Å². The van der Waals surface area contributed by atoms with Gasteiger partial charge in [-0.05, 0) is 30.0 Å². The first-order valence-electron chi connectivity index (χ1n) is 6.28. The van der Waals surface area contributed by atoms with Crippen LogP contribution in [0, 0.1) is 20.2 Å². The fraction of sp³-hybridized carbons (Fsp3) is 0.154. The van der Waals surface area contributed by atoms with E-state index in [0.717, 1.165) is 17.8 Å². The molecule has 0 saturated carbocycles. The van der Waals surface area contributed by atoms with Crippen molar-refractivity contribution in [3.63, 3.8) is 0 Å². The van der Waals surface area contributed by atoms with Gasteiger partial charge in [0.1, 0.15) is 5.76 Å². The van der Waals surface area contributed by atoms with E-state index in [2.05, 4.69) is 5.10 Å². The second-order valence-corrected chi connectivity index (χ2v) is 5.56. The summed E-state index contributed by atoms with van der Waals surface area (Å²) in [4.78, 5) is 20.7. The van der Waals surface area contributed by atoms with Gasteiger partial charge in [-0.1, -0.05) is 0 Å². The van der Waals surface area contributed by atoms with Gasteiger partial charge in [-0.25, -0.2) is 0 Å². The van der Waals surface area contributed by atoms with Crippen molar-refractivity contribution in [2.24, 2.45) is 5.10 Å². The van der Waals surface area contributed by atoms with E-state index in [4.69, 9.17) is 4.42 Å². The molecule has 2 aromatic rings. The van der Waals surface area contributed by atoms with Crippen molar-refractivity contribution in [1.29, 1.82) is 0 Å². The molecule has 120 valence electrons. The molecule has 0 radical (unpaired) electrons. The lowest BCUT2D eigenvalue weighted by Crippen LogP contribution is -2.01. The predicted octanol–water partition coefficient (Wildman–Crippen LogP) is 3.14. The summed E-state index contributed by atoms with van der Waals surface area (Å²) in [5, 5.41) is 27.8. The first-order chi connectivity index (χ1) is 10.9. The van der Waals surface area contributed by atoms with Crippen LogP contribution in [0.1, 0.15) is 5.76 Å². The Bertz CT molecular complexity index is 771. The zero-order valence-corrected chi connectivity index (χ0v) is 13.0. The second-order valence-electron chi connectivity index (χ2n) is 4.52. The van der Waals surface area contributed by atoms with Gasteiger partial charge in [0.25, 0.3) is 11.4 Å². The highest BCUT2D eigenvalue weighted by molar-refractivity contribution is 7.99. The minimum absolute atomic E-state index is 0.256. The van der Waals surface area contributed by atoms with Gasteiger partial charge in [0.2, 0.25) is 0 Å². The van der Waals surface area contributed by atoms with E-state index in [1.165, 1.54) is 18.3 Å². The summed E-state index contributed by atoms with van der Waals surface area (Å²) in [6.45, 7) is 0. The van der Waals surface area contributed by atoms with Crippen molar-refractivity contribution in [3.8, 4) is 0 Å². The molecule has 0 aliphatic rings. The summed E-state index contributed by atoms with van der Waals surface area (Å²) >= 11 is 1.01. The third-order valence-corrected chi connectivity index (χ3v) is 3.56. The maximum Gasteiger partial charge on any atom is 0.290 e. The average Bonchev–Trinajstić information content (AvgIpc) is 2.92. The molecule has 23 heavy (non-hydrogen) atoms. The molecule has 10 heteroatoms. The van der Waals surface area contributed by atoms with Gasteiger partial charge in [-0.2, -0.15) is 5.10 Å². The maximum absolute atomic E-state index is 11.1. The normalized spacial score (nSPS) is 10.9. The van der Waals surface area contributed by atoms with E-state index in [9.17, 15) is 20.2 Å². The molecular weight excluding hydrogens is 324 g/mol. The molecule has 0 bridgehead atoms. The molecule has 0 fully saturated rings. The fourth-order valence-electron chi connectivity index (χ4n) is 1.59. The summed E-state index contributed by atoms with van der Waals surface area (Å²) < 4.78 is 5.48. The molecule has 0 unspecified atom stereocenters.